The zero-order valence-electron chi connectivity index (χ0n) is 8.06. The number of unbranched alkanes of at least 4 members (excludes halogenated alkanes) is 1. The fraction of sp³-hybridized carbons (Fsp3) is 0.500. The predicted octanol–water partition coefficient (Wildman–Crippen LogP) is -0.211. The third-order valence-corrected chi connectivity index (χ3v) is 1.75. The topological polar surface area (TPSA) is 108 Å². The maximum atomic E-state index is 11.3. The molecule has 0 aromatic carbocycles. The van der Waals surface area contributed by atoms with Gasteiger partial charge in [0.05, 0.1) is 6.20 Å². The summed E-state index contributed by atoms with van der Waals surface area (Å²) in [5.41, 5.74) is 0.230. The van der Waals surface area contributed by atoms with Gasteiger partial charge in [-0.15, -0.1) is 0 Å². The summed E-state index contributed by atoms with van der Waals surface area (Å²) in [6, 6.07) is 0. The highest BCUT2D eigenvalue weighted by atomic mass is 16.4. The third kappa shape index (κ3) is 4.21. The number of hydrogen-bond acceptors (Lipinski definition) is 4. The summed E-state index contributed by atoms with van der Waals surface area (Å²) >= 11 is 0. The Bertz CT molecular complexity index is 323. The number of nitrogens with one attached hydrogen (secondary N) is 2. The molecule has 0 unspecified atom stereocenters. The molecule has 15 heavy (non-hydrogen) atoms. The van der Waals surface area contributed by atoms with Gasteiger partial charge in [0.25, 0.3) is 5.91 Å². The van der Waals surface area contributed by atoms with Gasteiger partial charge in [0, 0.05) is 13.0 Å². The summed E-state index contributed by atoms with van der Waals surface area (Å²) in [5.74, 6) is -1.13. The first-order valence-electron chi connectivity index (χ1n) is 4.56. The second-order valence-electron chi connectivity index (χ2n) is 2.96. The Labute approximate surface area is 85.9 Å². The van der Waals surface area contributed by atoms with E-state index in [4.69, 9.17) is 5.11 Å². The normalized spacial score (nSPS) is 9.87. The minimum absolute atomic E-state index is 0.125. The number of carbonyl (C=O) groups is 2. The summed E-state index contributed by atoms with van der Waals surface area (Å²) < 4.78 is 0. The van der Waals surface area contributed by atoms with Crippen LogP contribution in [0, 0.1) is 0 Å². The first-order chi connectivity index (χ1) is 7.20. The number of carboxylic acids is 1. The van der Waals surface area contributed by atoms with Crippen molar-refractivity contribution in [2.45, 2.75) is 19.3 Å². The average molecular weight is 212 g/mol. The number of rotatable bonds is 6. The molecule has 7 nitrogen and oxygen atoms in total. The molecule has 1 aromatic rings. The summed E-state index contributed by atoms with van der Waals surface area (Å²) in [6.07, 6.45) is 2.64. The molecular weight excluding hydrogens is 200 g/mol. The minimum atomic E-state index is -0.821. The van der Waals surface area contributed by atoms with Gasteiger partial charge >= 0.3 is 5.97 Å². The van der Waals surface area contributed by atoms with Gasteiger partial charge in [-0.05, 0) is 12.8 Å². The molecule has 0 aliphatic rings. The van der Waals surface area contributed by atoms with Crippen LogP contribution in [0.2, 0.25) is 0 Å². The minimum Gasteiger partial charge on any atom is -0.481 e. The van der Waals surface area contributed by atoms with Gasteiger partial charge in [0.15, 0.2) is 5.69 Å². The number of aromatic nitrogens is 3. The first kappa shape index (κ1) is 11.2. The van der Waals surface area contributed by atoms with Crippen molar-refractivity contribution in [3.8, 4) is 0 Å². The fourth-order valence-electron chi connectivity index (χ4n) is 1.00. The predicted molar refractivity (Wildman–Crippen MR) is 50.2 cm³/mol. The Balaban J connectivity index is 2.10. The zero-order valence-corrected chi connectivity index (χ0v) is 8.06. The lowest BCUT2D eigenvalue weighted by molar-refractivity contribution is -0.137. The molecule has 3 N–H and O–H groups in total. The lowest BCUT2D eigenvalue weighted by Gasteiger charge is -2.00. The molecule has 7 heteroatoms. The van der Waals surface area contributed by atoms with E-state index >= 15 is 0 Å². The first-order valence-corrected chi connectivity index (χ1v) is 4.56. The maximum absolute atomic E-state index is 11.3. The van der Waals surface area contributed by atoms with Gasteiger partial charge in [0.1, 0.15) is 0 Å². The lowest BCUT2D eigenvalue weighted by Crippen LogP contribution is -2.24. The smallest absolute Gasteiger partial charge is 0.303 e. The number of aliphatic carboxylic acids is 1. The van der Waals surface area contributed by atoms with Crippen LogP contribution in [0.1, 0.15) is 29.8 Å². The van der Waals surface area contributed by atoms with Crippen LogP contribution in [-0.2, 0) is 4.79 Å². The molecule has 0 atom stereocenters. The van der Waals surface area contributed by atoms with E-state index in [-0.39, 0.29) is 18.0 Å². The number of carboxylic acid groups (broad SMARTS) is 1. The van der Waals surface area contributed by atoms with Crippen LogP contribution < -0.4 is 5.32 Å². The van der Waals surface area contributed by atoms with Crippen LogP contribution in [0.5, 0.6) is 0 Å². The van der Waals surface area contributed by atoms with Gasteiger partial charge in [-0.3, -0.25) is 9.59 Å². The van der Waals surface area contributed by atoms with E-state index < -0.39 is 5.97 Å². The van der Waals surface area contributed by atoms with E-state index in [1.807, 2.05) is 0 Å². The van der Waals surface area contributed by atoms with E-state index in [1.54, 1.807) is 0 Å². The zero-order chi connectivity index (χ0) is 11.1. The van der Waals surface area contributed by atoms with E-state index in [1.165, 1.54) is 6.20 Å². The van der Waals surface area contributed by atoms with Gasteiger partial charge in [-0.2, -0.15) is 15.4 Å². The van der Waals surface area contributed by atoms with Crippen molar-refractivity contribution in [2.75, 3.05) is 6.54 Å². The molecule has 0 aliphatic carbocycles. The number of nitrogens with zero attached hydrogens (tertiary/aromatic N) is 2. The Morgan fingerprint density at radius 3 is 2.87 bits per heavy atom. The van der Waals surface area contributed by atoms with Crippen molar-refractivity contribution < 1.29 is 14.7 Å². The molecule has 0 bridgehead atoms. The van der Waals surface area contributed by atoms with Crippen LogP contribution in [-0.4, -0.2) is 38.9 Å². The molecule has 1 aromatic heterocycles. The van der Waals surface area contributed by atoms with E-state index in [9.17, 15) is 9.59 Å². The molecule has 1 amide bonds. The number of aromatic amines is 1. The van der Waals surface area contributed by atoms with Crippen molar-refractivity contribution in [3.05, 3.63) is 11.9 Å². The Kier molecular flexibility index (Phi) is 4.27. The van der Waals surface area contributed by atoms with E-state index in [2.05, 4.69) is 20.7 Å². The fourth-order valence-corrected chi connectivity index (χ4v) is 1.00. The standard InChI is InChI=1S/C8H12N4O3/c13-7(14)3-1-2-4-9-8(15)6-5-10-12-11-6/h5H,1-4H2,(H,9,15)(H,13,14)(H,10,11,12). The lowest BCUT2D eigenvalue weighted by atomic mass is 10.2. The van der Waals surface area contributed by atoms with E-state index in [0.717, 1.165) is 0 Å². The molecule has 0 saturated carbocycles. The van der Waals surface area contributed by atoms with Crippen molar-refractivity contribution in [1.29, 1.82) is 0 Å². The van der Waals surface area contributed by atoms with Crippen molar-refractivity contribution in [2.24, 2.45) is 0 Å². The summed E-state index contributed by atoms with van der Waals surface area (Å²) in [5, 5.41) is 20.4. The summed E-state index contributed by atoms with van der Waals surface area (Å²) in [6.45, 7) is 0.443. The molecule has 0 fully saturated rings. The molecule has 82 valence electrons. The Morgan fingerprint density at radius 1 is 1.47 bits per heavy atom. The molecule has 0 aliphatic heterocycles. The third-order valence-electron chi connectivity index (χ3n) is 1.75. The molecular formula is C8H12N4O3. The highest BCUT2D eigenvalue weighted by Crippen LogP contribution is 1.94. The number of amides is 1. The van der Waals surface area contributed by atoms with Gasteiger partial charge in [-0.1, -0.05) is 0 Å². The molecule has 0 radical (unpaired) electrons. The van der Waals surface area contributed by atoms with Crippen molar-refractivity contribution >= 4 is 11.9 Å². The van der Waals surface area contributed by atoms with Crippen LogP contribution >= 0.6 is 0 Å². The SMILES string of the molecule is O=C(O)CCCCNC(=O)c1cn[nH]n1. The largest absolute Gasteiger partial charge is 0.481 e. The highest BCUT2D eigenvalue weighted by Gasteiger charge is 2.06. The Hall–Kier alpha value is -1.92. The molecule has 0 saturated heterocycles. The number of hydrogen-bond donors (Lipinski definition) is 3. The van der Waals surface area contributed by atoms with Crippen LogP contribution in [0.4, 0.5) is 0 Å². The van der Waals surface area contributed by atoms with Crippen LogP contribution in [0.25, 0.3) is 0 Å². The van der Waals surface area contributed by atoms with Crippen LogP contribution in [0.15, 0.2) is 6.20 Å². The Morgan fingerprint density at radius 2 is 2.27 bits per heavy atom. The molecule has 1 rings (SSSR count). The maximum Gasteiger partial charge on any atom is 0.303 e. The second kappa shape index (κ2) is 5.74. The summed E-state index contributed by atoms with van der Waals surface area (Å²) in [4.78, 5) is 21.4. The molecule has 1 heterocycles. The monoisotopic (exact) mass is 212 g/mol. The number of carbonyl (C=O) groups excluding carboxylic acids is 1. The number of H-pyrrole nitrogens is 1. The van der Waals surface area contributed by atoms with Gasteiger partial charge in [0.2, 0.25) is 0 Å². The van der Waals surface area contributed by atoms with Crippen LogP contribution in [0.3, 0.4) is 0 Å². The van der Waals surface area contributed by atoms with Gasteiger partial charge < -0.3 is 10.4 Å². The van der Waals surface area contributed by atoms with E-state index in [0.29, 0.717) is 19.4 Å². The average Bonchev–Trinajstić information content (AvgIpc) is 2.69. The highest BCUT2D eigenvalue weighted by molar-refractivity contribution is 5.91. The second-order valence-corrected chi connectivity index (χ2v) is 2.96. The van der Waals surface area contributed by atoms with Crippen molar-refractivity contribution in [1.82, 2.24) is 20.7 Å². The quantitative estimate of drug-likeness (QED) is 0.565. The van der Waals surface area contributed by atoms with Gasteiger partial charge in [-0.25, -0.2) is 0 Å². The van der Waals surface area contributed by atoms with Crippen molar-refractivity contribution in [3.63, 3.8) is 0 Å². The molecule has 0 spiro atoms. The summed E-state index contributed by atoms with van der Waals surface area (Å²) in [7, 11) is 0.